The van der Waals surface area contributed by atoms with E-state index in [1.54, 1.807) is 5.32 Å². The highest BCUT2D eigenvalue weighted by atomic mass is 19.4. The Hall–Kier alpha value is -2.59. The standard InChI is InChI=1S/C14H15F5N2O4/c15-12(16)25-9-5-3-8(4-6-9)11(14(17,18)19)21-13(24)20-7-1-2-10(22)23/h3-6,11-12H,1-2,7H2,(H,22,23)(H2,20,21,24). The lowest BCUT2D eigenvalue weighted by molar-refractivity contribution is -0.155. The monoisotopic (exact) mass is 370 g/mol. The molecule has 3 N–H and O–H groups in total. The van der Waals surface area contributed by atoms with Crippen molar-refractivity contribution in [3.63, 3.8) is 0 Å². The molecule has 1 aromatic carbocycles. The van der Waals surface area contributed by atoms with E-state index in [1.807, 2.05) is 0 Å². The number of carboxylic acid groups (broad SMARTS) is 1. The Morgan fingerprint density at radius 2 is 1.76 bits per heavy atom. The molecule has 11 heteroatoms. The van der Waals surface area contributed by atoms with Gasteiger partial charge >= 0.3 is 24.8 Å². The fourth-order valence-corrected chi connectivity index (χ4v) is 1.82. The summed E-state index contributed by atoms with van der Waals surface area (Å²) >= 11 is 0. The Morgan fingerprint density at radius 1 is 1.16 bits per heavy atom. The lowest BCUT2D eigenvalue weighted by atomic mass is 10.1. The van der Waals surface area contributed by atoms with E-state index in [0.29, 0.717) is 0 Å². The quantitative estimate of drug-likeness (QED) is 0.485. The molecule has 0 aromatic heterocycles. The zero-order chi connectivity index (χ0) is 19.0. The normalized spacial score (nSPS) is 12.6. The van der Waals surface area contributed by atoms with Crippen LogP contribution in [0, 0.1) is 0 Å². The van der Waals surface area contributed by atoms with E-state index in [1.165, 1.54) is 0 Å². The summed E-state index contributed by atoms with van der Waals surface area (Å²) in [5.74, 6) is -1.42. The molecule has 1 aromatic rings. The molecule has 1 rings (SSSR count). The van der Waals surface area contributed by atoms with Gasteiger partial charge in [-0.15, -0.1) is 0 Å². The largest absolute Gasteiger partial charge is 0.481 e. The molecule has 0 aliphatic carbocycles. The summed E-state index contributed by atoms with van der Waals surface area (Å²) < 4.78 is 67.4. The number of hydrogen-bond acceptors (Lipinski definition) is 3. The van der Waals surface area contributed by atoms with E-state index in [9.17, 15) is 31.5 Å². The van der Waals surface area contributed by atoms with Gasteiger partial charge in [0, 0.05) is 13.0 Å². The van der Waals surface area contributed by atoms with E-state index in [-0.39, 0.29) is 30.7 Å². The molecular formula is C14H15F5N2O4. The van der Waals surface area contributed by atoms with Gasteiger partial charge in [0.05, 0.1) is 0 Å². The van der Waals surface area contributed by atoms with Crippen LogP contribution in [0.4, 0.5) is 26.7 Å². The number of carboxylic acids is 1. The van der Waals surface area contributed by atoms with Crippen LogP contribution >= 0.6 is 0 Å². The number of halogens is 5. The van der Waals surface area contributed by atoms with Gasteiger partial charge in [0.15, 0.2) is 6.04 Å². The third-order valence-electron chi connectivity index (χ3n) is 2.89. The highest BCUT2D eigenvalue weighted by molar-refractivity contribution is 5.74. The molecule has 6 nitrogen and oxygen atoms in total. The number of benzene rings is 1. The number of hydrogen-bond donors (Lipinski definition) is 3. The first-order valence-electron chi connectivity index (χ1n) is 6.97. The molecule has 2 amide bonds. The Kier molecular flexibility index (Phi) is 7.40. The summed E-state index contributed by atoms with van der Waals surface area (Å²) in [5, 5.41) is 12.2. The topological polar surface area (TPSA) is 87.7 Å². The lowest BCUT2D eigenvalue weighted by Crippen LogP contribution is -2.43. The van der Waals surface area contributed by atoms with E-state index < -0.39 is 30.8 Å². The molecule has 25 heavy (non-hydrogen) atoms. The zero-order valence-electron chi connectivity index (χ0n) is 12.6. The molecule has 0 bridgehead atoms. The van der Waals surface area contributed by atoms with Crippen LogP contribution in [0.1, 0.15) is 24.4 Å². The first kappa shape index (κ1) is 20.5. The van der Waals surface area contributed by atoms with Gasteiger partial charge in [-0.1, -0.05) is 12.1 Å². The van der Waals surface area contributed by atoms with Crippen molar-refractivity contribution in [1.82, 2.24) is 10.6 Å². The van der Waals surface area contributed by atoms with Crippen molar-refractivity contribution >= 4 is 12.0 Å². The molecule has 0 heterocycles. The lowest BCUT2D eigenvalue weighted by Gasteiger charge is -2.22. The minimum Gasteiger partial charge on any atom is -0.481 e. The number of alkyl halides is 5. The number of carbonyl (C=O) groups excluding carboxylic acids is 1. The minimum atomic E-state index is -4.83. The van der Waals surface area contributed by atoms with Gasteiger partial charge in [-0.2, -0.15) is 22.0 Å². The van der Waals surface area contributed by atoms with Crippen molar-refractivity contribution in [2.24, 2.45) is 0 Å². The second-order valence-corrected chi connectivity index (χ2v) is 4.82. The van der Waals surface area contributed by atoms with Crippen LogP contribution in [0.25, 0.3) is 0 Å². The molecule has 0 radical (unpaired) electrons. The van der Waals surface area contributed by atoms with E-state index in [0.717, 1.165) is 24.3 Å². The van der Waals surface area contributed by atoms with E-state index in [4.69, 9.17) is 5.11 Å². The summed E-state index contributed by atoms with van der Waals surface area (Å²) in [7, 11) is 0. The summed E-state index contributed by atoms with van der Waals surface area (Å²) in [6.45, 7) is -3.23. The second-order valence-electron chi connectivity index (χ2n) is 4.82. The number of aliphatic carboxylic acids is 1. The maximum absolute atomic E-state index is 13.1. The van der Waals surface area contributed by atoms with Gasteiger partial charge in [-0.05, 0) is 24.1 Å². The highest BCUT2D eigenvalue weighted by Crippen LogP contribution is 2.33. The molecule has 0 spiro atoms. The van der Waals surface area contributed by atoms with Crippen molar-refractivity contribution in [1.29, 1.82) is 0 Å². The van der Waals surface area contributed by atoms with Crippen LogP contribution in [0.15, 0.2) is 24.3 Å². The number of ether oxygens (including phenoxy) is 1. The fourth-order valence-electron chi connectivity index (χ4n) is 1.82. The van der Waals surface area contributed by atoms with Crippen molar-refractivity contribution in [2.75, 3.05) is 6.54 Å². The van der Waals surface area contributed by atoms with Crippen molar-refractivity contribution in [3.05, 3.63) is 29.8 Å². The summed E-state index contributed by atoms with van der Waals surface area (Å²) in [6, 6.07) is 0.147. The third kappa shape index (κ3) is 7.68. The van der Waals surface area contributed by atoms with Gasteiger partial charge in [-0.25, -0.2) is 4.79 Å². The van der Waals surface area contributed by atoms with Crippen molar-refractivity contribution < 1.29 is 41.4 Å². The molecule has 0 aliphatic heterocycles. The highest BCUT2D eigenvalue weighted by Gasteiger charge is 2.41. The Balaban J connectivity index is 2.71. The van der Waals surface area contributed by atoms with E-state index in [2.05, 4.69) is 10.1 Å². The molecule has 1 unspecified atom stereocenters. The Labute approximate surface area is 139 Å². The smallest absolute Gasteiger partial charge is 0.412 e. The van der Waals surface area contributed by atoms with Crippen LogP contribution in [0.5, 0.6) is 5.75 Å². The third-order valence-corrected chi connectivity index (χ3v) is 2.89. The van der Waals surface area contributed by atoms with Gasteiger partial charge in [0.2, 0.25) is 0 Å². The van der Waals surface area contributed by atoms with Crippen LogP contribution < -0.4 is 15.4 Å². The van der Waals surface area contributed by atoms with Crippen molar-refractivity contribution in [3.8, 4) is 5.75 Å². The van der Waals surface area contributed by atoms with Gasteiger partial charge in [-0.3, -0.25) is 4.79 Å². The average Bonchev–Trinajstić information content (AvgIpc) is 2.48. The van der Waals surface area contributed by atoms with Gasteiger partial charge in [0.25, 0.3) is 0 Å². The number of nitrogens with one attached hydrogen (secondary N) is 2. The SMILES string of the molecule is O=C(O)CCCNC(=O)NC(c1ccc(OC(F)F)cc1)C(F)(F)F. The summed E-state index contributed by atoms with van der Waals surface area (Å²) in [4.78, 5) is 21.8. The van der Waals surface area contributed by atoms with Crippen LogP contribution in [0.3, 0.4) is 0 Å². The molecule has 0 aliphatic rings. The second kappa shape index (κ2) is 9.04. The van der Waals surface area contributed by atoms with Crippen LogP contribution in [-0.4, -0.2) is 36.4 Å². The predicted molar refractivity (Wildman–Crippen MR) is 75.3 cm³/mol. The molecule has 0 saturated heterocycles. The summed E-state index contributed by atoms with van der Waals surface area (Å²) in [5.41, 5.74) is -0.380. The summed E-state index contributed by atoms with van der Waals surface area (Å²) in [6.07, 6.45) is -5.02. The zero-order valence-corrected chi connectivity index (χ0v) is 12.6. The first-order chi connectivity index (χ1) is 11.6. The maximum Gasteiger partial charge on any atom is 0.412 e. The number of carbonyl (C=O) groups is 2. The fraction of sp³-hybridized carbons (Fsp3) is 0.429. The van der Waals surface area contributed by atoms with Gasteiger partial charge in [0.1, 0.15) is 5.75 Å². The van der Waals surface area contributed by atoms with E-state index >= 15 is 0 Å². The predicted octanol–water partition coefficient (Wildman–Crippen LogP) is 3.06. The van der Waals surface area contributed by atoms with Crippen LogP contribution in [-0.2, 0) is 4.79 Å². The minimum absolute atomic E-state index is 0.0547. The molecule has 1 atom stereocenters. The number of urea groups is 1. The number of rotatable bonds is 8. The van der Waals surface area contributed by atoms with Crippen molar-refractivity contribution in [2.45, 2.75) is 31.7 Å². The number of amides is 2. The maximum atomic E-state index is 13.1. The average molecular weight is 370 g/mol. The van der Waals surface area contributed by atoms with Crippen LogP contribution in [0.2, 0.25) is 0 Å². The van der Waals surface area contributed by atoms with Gasteiger partial charge < -0.3 is 20.5 Å². The molecule has 0 saturated carbocycles. The Bertz CT molecular complexity index is 578. The molecule has 140 valence electrons. The molecule has 0 fully saturated rings. The Morgan fingerprint density at radius 3 is 2.24 bits per heavy atom. The first-order valence-corrected chi connectivity index (χ1v) is 6.97. The molecular weight excluding hydrogens is 355 g/mol.